The van der Waals surface area contributed by atoms with Crippen molar-refractivity contribution in [3.8, 4) is 0 Å². The van der Waals surface area contributed by atoms with Gasteiger partial charge in [0.1, 0.15) is 0 Å². The molecule has 0 radical (unpaired) electrons. The summed E-state index contributed by atoms with van der Waals surface area (Å²) in [6.07, 6.45) is 0. The summed E-state index contributed by atoms with van der Waals surface area (Å²) in [7, 11) is 0. The number of hydrogen-bond acceptors (Lipinski definition) is 1. The molecule has 1 aromatic rings. The predicted octanol–water partition coefficient (Wildman–Crippen LogP) is 4.35. The first-order chi connectivity index (χ1) is 7.00. The van der Waals surface area contributed by atoms with Gasteiger partial charge in [-0.15, -0.1) is 0 Å². The molecule has 0 spiro atoms. The molecular formula is C12H17Br2N. The largest absolute Gasteiger partial charge is 0.310 e. The predicted molar refractivity (Wildman–Crippen MR) is 73.0 cm³/mol. The van der Waals surface area contributed by atoms with Crippen molar-refractivity contribution in [2.24, 2.45) is 5.92 Å². The summed E-state index contributed by atoms with van der Waals surface area (Å²) >= 11 is 6.97. The van der Waals surface area contributed by atoms with Gasteiger partial charge >= 0.3 is 0 Å². The van der Waals surface area contributed by atoms with E-state index < -0.39 is 0 Å². The van der Waals surface area contributed by atoms with Gasteiger partial charge in [-0.2, -0.15) is 0 Å². The fraction of sp³-hybridized carbons (Fsp3) is 0.500. The zero-order valence-corrected chi connectivity index (χ0v) is 12.5. The normalized spacial score (nSPS) is 13.2. The van der Waals surface area contributed by atoms with E-state index in [0.29, 0.717) is 12.0 Å². The summed E-state index contributed by atoms with van der Waals surface area (Å²) in [5.41, 5.74) is 1.30. The highest BCUT2D eigenvalue weighted by Gasteiger charge is 2.06. The maximum atomic E-state index is 3.51. The van der Waals surface area contributed by atoms with Gasteiger partial charge in [-0.3, -0.25) is 0 Å². The van der Waals surface area contributed by atoms with Gasteiger partial charge in [0.2, 0.25) is 0 Å². The lowest BCUT2D eigenvalue weighted by Gasteiger charge is -2.17. The van der Waals surface area contributed by atoms with Crippen LogP contribution in [0.5, 0.6) is 0 Å². The second-order valence-electron chi connectivity index (χ2n) is 4.16. The first-order valence-electron chi connectivity index (χ1n) is 5.18. The molecule has 0 heterocycles. The van der Waals surface area contributed by atoms with Crippen molar-refractivity contribution in [3.05, 3.63) is 32.7 Å². The molecule has 0 saturated heterocycles. The standard InChI is InChI=1S/C12H17Br2N/c1-8(2)9(3)15-7-10-4-5-11(13)12(14)6-10/h4-6,8-9,15H,7H2,1-3H3. The molecular weight excluding hydrogens is 318 g/mol. The van der Waals surface area contributed by atoms with E-state index in [1.807, 2.05) is 0 Å². The lowest BCUT2D eigenvalue weighted by Crippen LogP contribution is -2.30. The third kappa shape index (κ3) is 4.25. The van der Waals surface area contributed by atoms with Crippen molar-refractivity contribution in [3.63, 3.8) is 0 Å². The van der Waals surface area contributed by atoms with Gasteiger partial charge in [0, 0.05) is 21.5 Å². The molecule has 0 amide bonds. The van der Waals surface area contributed by atoms with Gasteiger partial charge in [-0.1, -0.05) is 19.9 Å². The molecule has 3 heteroatoms. The van der Waals surface area contributed by atoms with Crippen LogP contribution in [0.15, 0.2) is 27.1 Å². The van der Waals surface area contributed by atoms with Crippen LogP contribution in [0.25, 0.3) is 0 Å². The zero-order chi connectivity index (χ0) is 11.4. The van der Waals surface area contributed by atoms with Gasteiger partial charge in [-0.25, -0.2) is 0 Å². The summed E-state index contributed by atoms with van der Waals surface area (Å²) in [5.74, 6) is 0.670. The molecule has 1 unspecified atom stereocenters. The average molecular weight is 335 g/mol. The summed E-state index contributed by atoms with van der Waals surface area (Å²) in [6.45, 7) is 7.61. The van der Waals surface area contributed by atoms with Crippen LogP contribution in [0.1, 0.15) is 26.3 Å². The van der Waals surface area contributed by atoms with Crippen LogP contribution < -0.4 is 5.32 Å². The fourth-order valence-electron chi connectivity index (χ4n) is 1.16. The van der Waals surface area contributed by atoms with Crippen molar-refractivity contribution < 1.29 is 0 Å². The molecule has 0 aliphatic carbocycles. The maximum absolute atomic E-state index is 3.51. The smallest absolute Gasteiger partial charge is 0.0320 e. The molecule has 1 N–H and O–H groups in total. The molecule has 0 aliphatic rings. The highest BCUT2D eigenvalue weighted by molar-refractivity contribution is 9.13. The van der Waals surface area contributed by atoms with E-state index in [1.54, 1.807) is 0 Å². The van der Waals surface area contributed by atoms with Gasteiger partial charge in [0.15, 0.2) is 0 Å². The number of benzene rings is 1. The van der Waals surface area contributed by atoms with Crippen LogP contribution in [-0.2, 0) is 6.54 Å². The number of hydrogen-bond donors (Lipinski definition) is 1. The minimum absolute atomic E-state index is 0.549. The zero-order valence-electron chi connectivity index (χ0n) is 9.35. The maximum Gasteiger partial charge on any atom is 0.0320 e. The Balaban J connectivity index is 2.55. The van der Waals surface area contributed by atoms with Crippen LogP contribution in [0.3, 0.4) is 0 Å². The first-order valence-corrected chi connectivity index (χ1v) is 6.76. The third-order valence-corrected chi connectivity index (χ3v) is 4.49. The highest BCUT2D eigenvalue weighted by Crippen LogP contribution is 2.23. The van der Waals surface area contributed by atoms with Crippen molar-refractivity contribution in [2.75, 3.05) is 0 Å². The lowest BCUT2D eigenvalue weighted by molar-refractivity contribution is 0.426. The monoisotopic (exact) mass is 333 g/mol. The number of nitrogens with one attached hydrogen (secondary N) is 1. The SMILES string of the molecule is CC(C)C(C)NCc1ccc(Br)c(Br)c1. The summed E-state index contributed by atoms with van der Waals surface area (Å²) < 4.78 is 2.21. The molecule has 0 fully saturated rings. The van der Waals surface area contributed by atoms with Crippen molar-refractivity contribution in [2.45, 2.75) is 33.4 Å². The van der Waals surface area contributed by atoms with Crippen LogP contribution in [0.4, 0.5) is 0 Å². The molecule has 1 nitrogen and oxygen atoms in total. The lowest BCUT2D eigenvalue weighted by atomic mass is 10.1. The van der Waals surface area contributed by atoms with Gasteiger partial charge in [0.05, 0.1) is 0 Å². The van der Waals surface area contributed by atoms with E-state index in [4.69, 9.17) is 0 Å². The van der Waals surface area contributed by atoms with Crippen LogP contribution in [0.2, 0.25) is 0 Å². The van der Waals surface area contributed by atoms with Crippen LogP contribution in [-0.4, -0.2) is 6.04 Å². The Morgan fingerprint density at radius 2 is 1.80 bits per heavy atom. The van der Waals surface area contributed by atoms with E-state index >= 15 is 0 Å². The van der Waals surface area contributed by atoms with Gasteiger partial charge in [0.25, 0.3) is 0 Å². The molecule has 1 rings (SSSR count). The summed E-state index contributed by atoms with van der Waals surface area (Å²) in [4.78, 5) is 0. The Morgan fingerprint density at radius 3 is 2.33 bits per heavy atom. The molecule has 0 aromatic heterocycles. The molecule has 84 valence electrons. The first kappa shape index (κ1) is 13.2. The second kappa shape index (κ2) is 6.02. The Hall–Kier alpha value is 0.140. The number of halogens is 2. The Morgan fingerprint density at radius 1 is 1.13 bits per heavy atom. The van der Waals surface area contributed by atoms with E-state index in [1.165, 1.54) is 5.56 Å². The second-order valence-corrected chi connectivity index (χ2v) is 5.87. The molecule has 1 aromatic carbocycles. The van der Waals surface area contributed by atoms with E-state index in [9.17, 15) is 0 Å². The third-order valence-electron chi connectivity index (χ3n) is 2.61. The molecule has 1 atom stereocenters. The van der Waals surface area contributed by atoms with Gasteiger partial charge in [-0.05, 0) is 62.4 Å². The Kier molecular flexibility index (Phi) is 5.30. The van der Waals surface area contributed by atoms with Crippen molar-refractivity contribution >= 4 is 31.9 Å². The minimum Gasteiger partial charge on any atom is -0.310 e. The fourth-order valence-corrected chi connectivity index (χ4v) is 1.84. The van der Waals surface area contributed by atoms with Gasteiger partial charge < -0.3 is 5.32 Å². The molecule has 15 heavy (non-hydrogen) atoms. The molecule has 0 aliphatic heterocycles. The van der Waals surface area contributed by atoms with Crippen molar-refractivity contribution in [1.82, 2.24) is 5.32 Å². The Bertz CT molecular complexity index is 323. The van der Waals surface area contributed by atoms with E-state index in [-0.39, 0.29) is 0 Å². The molecule has 0 bridgehead atoms. The van der Waals surface area contributed by atoms with Crippen molar-refractivity contribution in [1.29, 1.82) is 0 Å². The highest BCUT2D eigenvalue weighted by atomic mass is 79.9. The summed E-state index contributed by atoms with van der Waals surface area (Å²) in [5, 5.41) is 3.51. The van der Waals surface area contributed by atoms with Crippen LogP contribution >= 0.6 is 31.9 Å². The average Bonchev–Trinajstić information content (AvgIpc) is 2.19. The van der Waals surface area contributed by atoms with Crippen LogP contribution in [0, 0.1) is 5.92 Å². The van der Waals surface area contributed by atoms with E-state index in [0.717, 1.165) is 15.5 Å². The quantitative estimate of drug-likeness (QED) is 0.863. The minimum atomic E-state index is 0.549. The topological polar surface area (TPSA) is 12.0 Å². The number of rotatable bonds is 4. The van der Waals surface area contributed by atoms with E-state index in [2.05, 4.69) is 76.1 Å². The molecule has 0 saturated carbocycles. The summed E-state index contributed by atoms with van der Waals surface area (Å²) in [6, 6.07) is 6.90. The Labute approximate surface area is 109 Å².